The zero-order valence-corrected chi connectivity index (χ0v) is 13.0. The van der Waals surface area contributed by atoms with Crippen LogP contribution in [0.3, 0.4) is 0 Å². The van der Waals surface area contributed by atoms with Crippen LogP contribution in [0.2, 0.25) is 0 Å². The summed E-state index contributed by atoms with van der Waals surface area (Å²) in [6.07, 6.45) is 1.42. The van der Waals surface area contributed by atoms with Crippen LogP contribution in [0.25, 0.3) is 0 Å². The topological polar surface area (TPSA) is 76.0 Å². The Balaban J connectivity index is 1.88. The second-order valence-electron chi connectivity index (χ2n) is 7.41. The molecule has 2 N–H and O–H groups in total. The SMILES string of the molecule is COc1ccc2c3c1O[C@H]1C(=O)C[C@H](O)[C@@]4(O)[C@H](CCCC314)C2. The molecule has 0 saturated heterocycles. The third kappa shape index (κ3) is 1.28. The molecule has 0 radical (unpaired) electrons. The molecular weight excluding hydrogens is 296 g/mol. The molecule has 2 fully saturated rings. The van der Waals surface area contributed by atoms with Crippen LogP contribution in [0.4, 0.5) is 0 Å². The standard InChI is InChI=1S/C18H20O5/c1-22-12-5-4-9-7-10-3-2-6-17-14(9)15(12)23-16(17)11(19)8-13(20)18(10,17)21/h4-5,10,13,16,20-21H,2-3,6-8H2,1H3/t10-,13+,16+,17?,18+/m1/s1. The zero-order chi connectivity index (χ0) is 16.0. The Morgan fingerprint density at radius 3 is 2.96 bits per heavy atom. The summed E-state index contributed by atoms with van der Waals surface area (Å²) in [5, 5.41) is 22.3. The van der Waals surface area contributed by atoms with Crippen LogP contribution >= 0.6 is 0 Å². The molecule has 0 aromatic heterocycles. The zero-order valence-electron chi connectivity index (χ0n) is 13.0. The summed E-state index contributed by atoms with van der Waals surface area (Å²) >= 11 is 0. The first kappa shape index (κ1) is 13.8. The largest absolute Gasteiger partial charge is 0.493 e. The normalized spacial score (nSPS) is 42.9. The van der Waals surface area contributed by atoms with Gasteiger partial charge in [-0.1, -0.05) is 12.5 Å². The second-order valence-corrected chi connectivity index (χ2v) is 7.41. The highest BCUT2D eigenvalue weighted by Crippen LogP contribution is 2.66. The number of ketones is 1. The van der Waals surface area contributed by atoms with Gasteiger partial charge in [-0.05, 0) is 36.8 Å². The van der Waals surface area contributed by atoms with E-state index < -0.39 is 23.2 Å². The number of aliphatic hydroxyl groups is 2. The molecule has 122 valence electrons. The van der Waals surface area contributed by atoms with Crippen molar-refractivity contribution in [2.75, 3.05) is 7.11 Å². The van der Waals surface area contributed by atoms with Gasteiger partial charge in [0.1, 0.15) is 5.60 Å². The predicted octanol–water partition coefficient (Wildman–Crippen LogP) is 1.11. The lowest BCUT2D eigenvalue weighted by molar-refractivity contribution is -0.219. The number of hydrogen-bond donors (Lipinski definition) is 2. The van der Waals surface area contributed by atoms with Gasteiger partial charge in [0.05, 0.1) is 18.6 Å². The molecule has 0 amide bonds. The average molecular weight is 316 g/mol. The van der Waals surface area contributed by atoms with Crippen LogP contribution in [0, 0.1) is 5.92 Å². The Labute approximate surface area is 134 Å². The molecule has 1 heterocycles. The van der Waals surface area contributed by atoms with Crippen molar-refractivity contribution in [1.29, 1.82) is 0 Å². The maximum atomic E-state index is 12.6. The molecule has 1 aliphatic heterocycles. The monoisotopic (exact) mass is 316 g/mol. The van der Waals surface area contributed by atoms with Gasteiger partial charge in [-0.3, -0.25) is 4.79 Å². The van der Waals surface area contributed by atoms with Crippen molar-refractivity contribution >= 4 is 5.78 Å². The van der Waals surface area contributed by atoms with E-state index in [4.69, 9.17) is 9.47 Å². The number of carbonyl (C=O) groups excluding carboxylic acids is 1. The van der Waals surface area contributed by atoms with Gasteiger partial charge in [-0.25, -0.2) is 0 Å². The number of benzene rings is 1. The van der Waals surface area contributed by atoms with E-state index in [0.717, 1.165) is 24.0 Å². The van der Waals surface area contributed by atoms with Crippen molar-refractivity contribution in [1.82, 2.24) is 0 Å². The fraction of sp³-hybridized carbons (Fsp3) is 0.611. The van der Waals surface area contributed by atoms with Crippen LogP contribution < -0.4 is 9.47 Å². The summed E-state index contributed by atoms with van der Waals surface area (Å²) in [5.41, 5.74) is -0.0664. The molecule has 1 aromatic carbocycles. The van der Waals surface area contributed by atoms with Gasteiger partial charge in [0, 0.05) is 12.0 Å². The first-order valence-electron chi connectivity index (χ1n) is 8.34. The summed E-state index contributed by atoms with van der Waals surface area (Å²) in [6.45, 7) is 0. The molecule has 1 unspecified atom stereocenters. The summed E-state index contributed by atoms with van der Waals surface area (Å²) in [7, 11) is 1.58. The number of rotatable bonds is 1. The number of aliphatic hydroxyl groups excluding tert-OH is 1. The molecule has 5 heteroatoms. The lowest BCUT2D eigenvalue weighted by Gasteiger charge is -2.61. The van der Waals surface area contributed by atoms with E-state index in [0.29, 0.717) is 24.3 Å². The average Bonchev–Trinajstić information content (AvgIpc) is 2.86. The molecule has 23 heavy (non-hydrogen) atoms. The van der Waals surface area contributed by atoms with Gasteiger partial charge in [-0.15, -0.1) is 0 Å². The highest BCUT2D eigenvalue weighted by atomic mass is 16.5. The molecular formula is C18H20O5. The fourth-order valence-corrected chi connectivity index (χ4v) is 5.86. The highest BCUT2D eigenvalue weighted by Gasteiger charge is 2.74. The lowest BCUT2D eigenvalue weighted by atomic mass is 9.45. The van der Waals surface area contributed by atoms with Crippen molar-refractivity contribution in [3.8, 4) is 11.5 Å². The molecule has 4 aliphatic rings. The molecule has 1 aromatic rings. The number of ether oxygens (including phenoxy) is 2. The minimum Gasteiger partial charge on any atom is -0.493 e. The van der Waals surface area contributed by atoms with Crippen molar-refractivity contribution in [3.05, 3.63) is 23.3 Å². The van der Waals surface area contributed by atoms with Crippen molar-refractivity contribution in [2.45, 2.75) is 55.3 Å². The number of methoxy groups -OCH3 is 1. The summed E-state index contributed by atoms with van der Waals surface area (Å²) in [6, 6.07) is 3.90. The summed E-state index contributed by atoms with van der Waals surface area (Å²) in [4.78, 5) is 12.6. The van der Waals surface area contributed by atoms with E-state index in [9.17, 15) is 15.0 Å². The Kier molecular flexibility index (Phi) is 2.45. The molecule has 3 aliphatic carbocycles. The van der Waals surface area contributed by atoms with Crippen LogP contribution in [-0.4, -0.2) is 40.9 Å². The van der Waals surface area contributed by atoms with Crippen LogP contribution in [0.15, 0.2) is 12.1 Å². The molecule has 5 atom stereocenters. The van der Waals surface area contributed by atoms with E-state index in [1.165, 1.54) is 0 Å². The van der Waals surface area contributed by atoms with E-state index >= 15 is 0 Å². The van der Waals surface area contributed by atoms with Crippen LogP contribution in [0.5, 0.6) is 11.5 Å². The Morgan fingerprint density at radius 2 is 2.17 bits per heavy atom. The maximum Gasteiger partial charge on any atom is 0.177 e. The third-order valence-corrected chi connectivity index (χ3v) is 6.68. The van der Waals surface area contributed by atoms with Gasteiger partial charge < -0.3 is 19.7 Å². The van der Waals surface area contributed by atoms with E-state index in [-0.39, 0.29) is 18.1 Å². The van der Waals surface area contributed by atoms with Gasteiger partial charge >= 0.3 is 0 Å². The summed E-state index contributed by atoms with van der Waals surface area (Å²) < 4.78 is 11.5. The molecule has 5 nitrogen and oxygen atoms in total. The fourth-order valence-electron chi connectivity index (χ4n) is 5.86. The minimum absolute atomic E-state index is 0.0303. The lowest BCUT2D eigenvalue weighted by Crippen LogP contribution is -2.75. The Hall–Kier alpha value is -1.59. The first-order valence-corrected chi connectivity index (χ1v) is 8.34. The quantitative estimate of drug-likeness (QED) is 0.812. The smallest absolute Gasteiger partial charge is 0.177 e. The Bertz CT molecular complexity index is 728. The van der Waals surface area contributed by atoms with E-state index in [1.807, 2.05) is 12.1 Å². The molecule has 2 saturated carbocycles. The van der Waals surface area contributed by atoms with E-state index in [2.05, 4.69) is 0 Å². The second kappa shape index (κ2) is 4.08. The van der Waals surface area contributed by atoms with Gasteiger partial charge in [0.2, 0.25) is 0 Å². The van der Waals surface area contributed by atoms with E-state index in [1.54, 1.807) is 7.11 Å². The summed E-state index contributed by atoms with van der Waals surface area (Å²) in [5.74, 6) is 1.05. The maximum absolute atomic E-state index is 12.6. The molecule has 2 bridgehead atoms. The van der Waals surface area contributed by atoms with Gasteiger partial charge in [0.25, 0.3) is 0 Å². The first-order chi connectivity index (χ1) is 11.0. The molecule has 1 spiro atoms. The van der Waals surface area contributed by atoms with Crippen LogP contribution in [0.1, 0.15) is 36.8 Å². The van der Waals surface area contributed by atoms with Crippen molar-refractivity contribution in [3.63, 3.8) is 0 Å². The minimum atomic E-state index is -1.28. The number of hydrogen-bond acceptors (Lipinski definition) is 5. The van der Waals surface area contributed by atoms with Gasteiger partial charge in [0.15, 0.2) is 23.4 Å². The highest BCUT2D eigenvalue weighted by molar-refractivity contribution is 5.90. The third-order valence-electron chi connectivity index (χ3n) is 6.68. The van der Waals surface area contributed by atoms with Crippen molar-refractivity contribution in [2.24, 2.45) is 5.92 Å². The van der Waals surface area contributed by atoms with Crippen LogP contribution in [-0.2, 0) is 16.6 Å². The number of Topliss-reactive ketones (excluding diaryl/α,β-unsaturated/α-hetero) is 1. The predicted molar refractivity (Wildman–Crippen MR) is 80.7 cm³/mol. The molecule has 5 rings (SSSR count). The van der Waals surface area contributed by atoms with Gasteiger partial charge in [-0.2, -0.15) is 0 Å². The Morgan fingerprint density at radius 1 is 1.35 bits per heavy atom. The number of carbonyl (C=O) groups is 1. The van der Waals surface area contributed by atoms with Crippen molar-refractivity contribution < 1.29 is 24.5 Å².